The first-order valence-corrected chi connectivity index (χ1v) is 15.9. The maximum Gasteiger partial charge on any atom is 0.367 e. The average molecular weight is 562 g/mol. The lowest BCUT2D eigenvalue weighted by molar-refractivity contribution is -0.353. The van der Waals surface area contributed by atoms with Crippen molar-refractivity contribution in [2.24, 2.45) is 11.8 Å². The molecule has 0 radical (unpaired) electrons. The minimum atomic E-state index is -1.55. The monoisotopic (exact) mass is 561 g/mol. The SMILES string of the molecule is CCOC(=O)C(CCCCC[C@H]1C(=O)CC[C@@H]1/C=C/CCCCCC#N)(OC1CCCCO1)OC1CCCCO1. The smallest absolute Gasteiger partial charge is 0.367 e. The Morgan fingerprint density at radius 3 is 2.30 bits per heavy atom. The van der Waals surface area contributed by atoms with Crippen molar-refractivity contribution >= 4 is 11.8 Å². The van der Waals surface area contributed by atoms with Gasteiger partial charge in [-0.15, -0.1) is 0 Å². The standard InChI is InChI=1S/C32H51NO7/c1-2-36-31(35)32(39-29-18-10-14-24-37-29,40-30-19-11-15-25-38-30)22-12-7-9-17-27-26(20-21-28(27)34)16-8-5-3-4-6-13-23-33/h8,16,26-27,29-30H,2-7,9-15,17-22,24-25H2,1H3/b16-8+/t26-,27+,29?,30?,32?/m0/s1. The first-order chi connectivity index (χ1) is 19.6. The first-order valence-electron chi connectivity index (χ1n) is 15.9. The van der Waals surface area contributed by atoms with Crippen LogP contribution >= 0.6 is 0 Å². The Kier molecular flexibility index (Phi) is 15.2. The average Bonchev–Trinajstić information content (AvgIpc) is 3.32. The van der Waals surface area contributed by atoms with Gasteiger partial charge in [0.05, 0.1) is 12.7 Å². The van der Waals surface area contributed by atoms with Crippen LogP contribution in [-0.2, 0) is 33.3 Å². The summed E-state index contributed by atoms with van der Waals surface area (Å²) in [6.07, 6.45) is 18.9. The number of rotatable bonds is 18. The van der Waals surface area contributed by atoms with E-state index < -0.39 is 24.3 Å². The quantitative estimate of drug-likeness (QED) is 0.0770. The van der Waals surface area contributed by atoms with Gasteiger partial charge in [-0.1, -0.05) is 31.4 Å². The number of nitriles is 1. The summed E-state index contributed by atoms with van der Waals surface area (Å²) in [6, 6.07) is 2.19. The molecule has 2 heterocycles. The van der Waals surface area contributed by atoms with Gasteiger partial charge in [-0.25, -0.2) is 4.79 Å². The Labute approximate surface area is 241 Å². The van der Waals surface area contributed by atoms with Crippen LogP contribution in [0.3, 0.4) is 0 Å². The van der Waals surface area contributed by atoms with Crippen LogP contribution < -0.4 is 0 Å². The van der Waals surface area contributed by atoms with Gasteiger partial charge in [0.2, 0.25) is 0 Å². The molecular formula is C32H51NO7. The number of carbonyl (C=O) groups is 2. The van der Waals surface area contributed by atoms with Crippen molar-refractivity contribution in [2.75, 3.05) is 19.8 Å². The Balaban J connectivity index is 1.53. The Hall–Kier alpha value is -1.79. The predicted octanol–water partition coefficient (Wildman–Crippen LogP) is 6.91. The Bertz CT molecular complexity index is 791. The number of nitrogens with zero attached hydrogens (tertiary/aromatic N) is 1. The summed E-state index contributed by atoms with van der Waals surface area (Å²) < 4.78 is 29.8. The van der Waals surface area contributed by atoms with Crippen LogP contribution in [0.2, 0.25) is 0 Å². The molecule has 0 amide bonds. The molecule has 0 aromatic rings. The van der Waals surface area contributed by atoms with Gasteiger partial charge in [-0.2, -0.15) is 5.26 Å². The second-order valence-corrected chi connectivity index (χ2v) is 11.4. The second-order valence-electron chi connectivity index (χ2n) is 11.4. The molecule has 8 heteroatoms. The highest BCUT2D eigenvalue weighted by Crippen LogP contribution is 2.35. The number of Topliss-reactive ketones (excluding diaryl/α,β-unsaturated/α-hetero) is 1. The van der Waals surface area contributed by atoms with Crippen LogP contribution in [-0.4, -0.2) is 49.9 Å². The summed E-state index contributed by atoms with van der Waals surface area (Å²) in [5.74, 6) is -1.28. The maximum atomic E-state index is 13.3. The van der Waals surface area contributed by atoms with E-state index in [2.05, 4.69) is 18.2 Å². The number of ether oxygens (including phenoxy) is 5. The topological polar surface area (TPSA) is 104 Å². The van der Waals surface area contributed by atoms with Crippen LogP contribution in [0, 0.1) is 23.2 Å². The molecule has 8 nitrogen and oxygen atoms in total. The summed E-state index contributed by atoms with van der Waals surface area (Å²) in [6.45, 7) is 3.24. The van der Waals surface area contributed by atoms with Crippen LogP contribution in [0.15, 0.2) is 12.2 Å². The second kappa shape index (κ2) is 18.6. The third kappa shape index (κ3) is 10.9. The molecule has 3 rings (SSSR count). The number of unbranched alkanes of at least 4 members (excludes halogenated alkanes) is 6. The summed E-state index contributed by atoms with van der Waals surface area (Å²) in [5, 5.41) is 8.65. The minimum absolute atomic E-state index is 0.0865. The van der Waals surface area contributed by atoms with Gasteiger partial charge in [0.15, 0.2) is 12.6 Å². The highest BCUT2D eigenvalue weighted by molar-refractivity contribution is 5.83. The number of esters is 1. The summed E-state index contributed by atoms with van der Waals surface area (Å²) in [7, 11) is 0. The van der Waals surface area contributed by atoms with Crippen molar-refractivity contribution in [1.29, 1.82) is 5.26 Å². The molecule has 40 heavy (non-hydrogen) atoms. The van der Waals surface area contributed by atoms with E-state index in [1.54, 1.807) is 6.92 Å². The van der Waals surface area contributed by atoms with Crippen molar-refractivity contribution in [3.8, 4) is 6.07 Å². The fourth-order valence-electron chi connectivity index (χ4n) is 5.97. The molecule has 0 aromatic carbocycles. The van der Waals surface area contributed by atoms with Crippen LogP contribution in [0.4, 0.5) is 0 Å². The van der Waals surface area contributed by atoms with E-state index in [-0.39, 0.29) is 12.5 Å². The van der Waals surface area contributed by atoms with E-state index in [4.69, 9.17) is 28.9 Å². The molecule has 3 aliphatic rings. The zero-order valence-electron chi connectivity index (χ0n) is 24.6. The van der Waals surface area contributed by atoms with E-state index in [1.165, 1.54) is 0 Å². The largest absolute Gasteiger partial charge is 0.462 e. The van der Waals surface area contributed by atoms with Crippen molar-refractivity contribution in [3.05, 3.63) is 12.2 Å². The number of allylic oxidation sites excluding steroid dienone is 2. The Morgan fingerprint density at radius 2 is 1.68 bits per heavy atom. The fraction of sp³-hybridized carbons (Fsp3) is 0.844. The fourth-order valence-corrected chi connectivity index (χ4v) is 5.97. The van der Waals surface area contributed by atoms with E-state index in [0.29, 0.717) is 63.4 Å². The molecule has 2 saturated heterocycles. The Morgan fingerprint density at radius 1 is 0.975 bits per heavy atom. The number of carbonyl (C=O) groups excluding carboxylic acids is 2. The third-order valence-corrected chi connectivity index (χ3v) is 8.22. The maximum absolute atomic E-state index is 13.3. The number of hydrogen-bond donors (Lipinski definition) is 0. The molecule has 2 unspecified atom stereocenters. The zero-order valence-corrected chi connectivity index (χ0v) is 24.6. The molecule has 0 spiro atoms. The highest BCUT2D eigenvalue weighted by Gasteiger charge is 2.47. The molecule has 226 valence electrons. The van der Waals surface area contributed by atoms with E-state index in [0.717, 1.165) is 77.0 Å². The first kappa shape index (κ1) is 32.7. The van der Waals surface area contributed by atoms with Crippen molar-refractivity contribution < 1.29 is 33.3 Å². The lowest BCUT2D eigenvalue weighted by Gasteiger charge is -2.38. The minimum Gasteiger partial charge on any atom is -0.462 e. The van der Waals surface area contributed by atoms with Gasteiger partial charge in [0.25, 0.3) is 5.79 Å². The highest BCUT2D eigenvalue weighted by atomic mass is 16.8. The third-order valence-electron chi connectivity index (χ3n) is 8.22. The zero-order chi connectivity index (χ0) is 28.5. The van der Waals surface area contributed by atoms with Crippen molar-refractivity contribution in [1.82, 2.24) is 0 Å². The molecule has 1 aliphatic carbocycles. The molecule has 2 aliphatic heterocycles. The summed E-state index contributed by atoms with van der Waals surface area (Å²) >= 11 is 0. The van der Waals surface area contributed by atoms with Gasteiger partial charge < -0.3 is 23.7 Å². The van der Waals surface area contributed by atoms with Crippen LogP contribution in [0.25, 0.3) is 0 Å². The van der Waals surface area contributed by atoms with Gasteiger partial charge in [0.1, 0.15) is 5.78 Å². The van der Waals surface area contributed by atoms with Gasteiger partial charge in [-0.3, -0.25) is 4.79 Å². The predicted molar refractivity (Wildman–Crippen MR) is 151 cm³/mol. The lowest BCUT2D eigenvalue weighted by atomic mass is 9.89. The van der Waals surface area contributed by atoms with E-state index in [9.17, 15) is 9.59 Å². The summed E-state index contributed by atoms with van der Waals surface area (Å²) in [5.41, 5.74) is 0. The van der Waals surface area contributed by atoms with Gasteiger partial charge in [0, 0.05) is 38.4 Å². The molecule has 0 bridgehead atoms. The normalized spacial score (nSPS) is 26.9. The van der Waals surface area contributed by atoms with Gasteiger partial charge in [-0.05, 0) is 89.9 Å². The molecule has 1 saturated carbocycles. The lowest BCUT2D eigenvalue weighted by Crippen LogP contribution is -2.51. The molecular weight excluding hydrogens is 510 g/mol. The molecule has 3 fully saturated rings. The molecule has 0 aromatic heterocycles. The van der Waals surface area contributed by atoms with Crippen LogP contribution in [0.5, 0.6) is 0 Å². The molecule has 0 N–H and O–H groups in total. The molecule has 4 atom stereocenters. The van der Waals surface area contributed by atoms with Crippen molar-refractivity contribution in [2.45, 2.75) is 141 Å². The number of ketones is 1. The van der Waals surface area contributed by atoms with Crippen LogP contribution in [0.1, 0.15) is 122 Å². The summed E-state index contributed by atoms with van der Waals surface area (Å²) in [4.78, 5) is 25.9. The van der Waals surface area contributed by atoms with E-state index in [1.807, 2.05) is 0 Å². The van der Waals surface area contributed by atoms with Gasteiger partial charge >= 0.3 is 5.97 Å². The van der Waals surface area contributed by atoms with E-state index >= 15 is 0 Å². The number of hydrogen-bond acceptors (Lipinski definition) is 8. The van der Waals surface area contributed by atoms with Crippen molar-refractivity contribution in [3.63, 3.8) is 0 Å².